The van der Waals surface area contributed by atoms with Crippen molar-refractivity contribution < 1.29 is 4.79 Å². The van der Waals surface area contributed by atoms with Gasteiger partial charge in [0.2, 0.25) is 0 Å². The predicted molar refractivity (Wildman–Crippen MR) is 103 cm³/mol. The Morgan fingerprint density at radius 1 is 1.12 bits per heavy atom. The zero-order valence-electron chi connectivity index (χ0n) is 14.5. The number of thiazole rings is 1. The average molecular weight is 348 g/mol. The van der Waals surface area contributed by atoms with E-state index in [1.807, 2.05) is 10.3 Å². The molecule has 0 radical (unpaired) electrons. The van der Waals surface area contributed by atoms with Gasteiger partial charge in [0.05, 0.1) is 5.69 Å². The summed E-state index contributed by atoms with van der Waals surface area (Å²) in [7, 11) is 0. The van der Waals surface area contributed by atoms with Gasteiger partial charge in [0, 0.05) is 17.5 Å². The number of anilines is 1. The minimum absolute atomic E-state index is 0.00450. The van der Waals surface area contributed by atoms with Crippen molar-refractivity contribution in [1.29, 1.82) is 0 Å². The first-order valence-corrected chi connectivity index (χ1v) is 9.44. The summed E-state index contributed by atoms with van der Waals surface area (Å²) in [5.41, 5.74) is 6.30. The molecule has 0 bridgehead atoms. The molecule has 4 rings (SSSR count). The molecule has 2 aromatic carbocycles. The van der Waals surface area contributed by atoms with Gasteiger partial charge >= 0.3 is 0 Å². The highest BCUT2D eigenvalue weighted by Gasteiger charge is 2.26. The molecule has 0 N–H and O–H groups in total. The number of amides is 1. The number of benzene rings is 2. The van der Waals surface area contributed by atoms with Crippen molar-refractivity contribution in [2.24, 2.45) is 0 Å². The summed E-state index contributed by atoms with van der Waals surface area (Å²) in [6.07, 6.45) is 2.03. The molecule has 0 unspecified atom stereocenters. The molecule has 3 aromatic rings. The van der Waals surface area contributed by atoms with Crippen LogP contribution in [0, 0.1) is 13.8 Å². The number of para-hydroxylation sites is 1. The van der Waals surface area contributed by atoms with Crippen molar-refractivity contribution in [2.75, 3.05) is 11.4 Å². The molecule has 0 fully saturated rings. The van der Waals surface area contributed by atoms with Crippen molar-refractivity contribution in [3.8, 4) is 10.6 Å². The number of fused-ring (bicyclic) bond motifs is 1. The van der Waals surface area contributed by atoms with Gasteiger partial charge < -0.3 is 4.90 Å². The normalized spacial score (nSPS) is 13.6. The van der Waals surface area contributed by atoms with Crippen molar-refractivity contribution in [2.45, 2.75) is 26.7 Å². The molecular formula is C21H20N2OS. The molecular weight excluding hydrogens is 328 g/mol. The lowest BCUT2D eigenvalue weighted by atomic mass is 9.98. The fourth-order valence-electron chi connectivity index (χ4n) is 3.39. The SMILES string of the molecule is Cc1ccc(-c2nc(C(=O)N3CCCc4cccc(C)c43)cs2)cc1. The molecule has 2 heterocycles. The summed E-state index contributed by atoms with van der Waals surface area (Å²) >= 11 is 1.53. The minimum Gasteiger partial charge on any atom is -0.306 e. The highest BCUT2D eigenvalue weighted by atomic mass is 32.1. The fraction of sp³-hybridized carbons (Fsp3) is 0.238. The van der Waals surface area contributed by atoms with E-state index >= 15 is 0 Å². The summed E-state index contributed by atoms with van der Waals surface area (Å²) in [6.45, 7) is 4.90. The van der Waals surface area contributed by atoms with Crippen LogP contribution in [-0.2, 0) is 6.42 Å². The van der Waals surface area contributed by atoms with E-state index in [1.165, 1.54) is 22.5 Å². The molecule has 126 valence electrons. The van der Waals surface area contributed by atoms with Gasteiger partial charge in [-0.3, -0.25) is 4.79 Å². The minimum atomic E-state index is 0.00450. The molecule has 1 aromatic heterocycles. The fourth-order valence-corrected chi connectivity index (χ4v) is 4.19. The second-order valence-corrected chi connectivity index (χ2v) is 7.41. The lowest BCUT2D eigenvalue weighted by Crippen LogP contribution is -2.36. The quantitative estimate of drug-likeness (QED) is 0.651. The second kappa shape index (κ2) is 6.45. The van der Waals surface area contributed by atoms with Crippen LogP contribution in [0.1, 0.15) is 33.6 Å². The summed E-state index contributed by atoms with van der Waals surface area (Å²) in [6, 6.07) is 14.5. The van der Waals surface area contributed by atoms with Crippen LogP contribution in [0.4, 0.5) is 5.69 Å². The lowest BCUT2D eigenvalue weighted by Gasteiger charge is -2.30. The van der Waals surface area contributed by atoms with Gasteiger partial charge in [-0.05, 0) is 37.8 Å². The Hall–Kier alpha value is -2.46. The van der Waals surface area contributed by atoms with Gasteiger partial charge in [0.15, 0.2) is 0 Å². The standard InChI is InChI=1S/C21H20N2OS/c1-14-8-10-17(11-9-14)20-22-18(13-25-20)21(24)23-12-4-7-16-6-3-5-15(2)19(16)23/h3,5-6,8-11,13H,4,7,12H2,1-2H3. The Kier molecular flexibility index (Phi) is 4.14. The maximum absolute atomic E-state index is 13.1. The number of carbonyl (C=O) groups excluding carboxylic acids is 1. The van der Waals surface area contributed by atoms with Crippen LogP contribution in [-0.4, -0.2) is 17.4 Å². The number of aromatic nitrogens is 1. The van der Waals surface area contributed by atoms with E-state index in [0.717, 1.165) is 41.2 Å². The van der Waals surface area contributed by atoms with Crippen molar-refractivity contribution in [1.82, 2.24) is 4.98 Å². The first-order chi connectivity index (χ1) is 12.1. The van der Waals surface area contributed by atoms with E-state index in [0.29, 0.717) is 5.69 Å². The Bertz CT molecular complexity index is 927. The van der Waals surface area contributed by atoms with Crippen molar-refractivity contribution >= 4 is 22.9 Å². The topological polar surface area (TPSA) is 33.2 Å². The lowest BCUT2D eigenvalue weighted by molar-refractivity contribution is 0.0981. The van der Waals surface area contributed by atoms with E-state index < -0.39 is 0 Å². The molecule has 1 aliphatic heterocycles. The number of rotatable bonds is 2. The first kappa shape index (κ1) is 16.0. The van der Waals surface area contributed by atoms with Crippen LogP contribution in [0.5, 0.6) is 0 Å². The summed E-state index contributed by atoms with van der Waals surface area (Å²) in [5, 5.41) is 2.77. The Balaban J connectivity index is 1.66. The molecule has 0 saturated heterocycles. The third-order valence-corrected chi connectivity index (χ3v) is 5.58. The Labute approximate surface area is 152 Å². The van der Waals surface area contributed by atoms with Crippen molar-refractivity contribution in [3.05, 3.63) is 70.2 Å². The molecule has 1 amide bonds. The van der Waals surface area contributed by atoms with Crippen LogP contribution >= 0.6 is 11.3 Å². The highest BCUT2D eigenvalue weighted by molar-refractivity contribution is 7.13. The van der Waals surface area contributed by atoms with Gasteiger partial charge in [0.25, 0.3) is 5.91 Å². The number of carbonyl (C=O) groups is 1. The number of nitrogens with zero attached hydrogens (tertiary/aromatic N) is 2. The number of aryl methyl sites for hydroxylation is 3. The molecule has 4 heteroatoms. The maximum Gasteiger partial charge on any atom is 0.277 e. The van der Waals surface area contributed by atoms with Gasteiger partial charge in [-0.2, -0.15) is 0 Å². The summed E-state index contributed by atoms with van der Waals surface area (Å²) in [5.74, 6) is 0.00450. The van der Waals surface area contributed by atoms with Gasteiger partial charge in [-0.1, -0.05) is 48.0 Å². The van der Waals surface area contributed by atoms with Gasteiger partial charge in [-0.15, -0.1) is 11.3 Å². The molecule has 3 nitrogen and oxygen atoms in total. The summed E-state index contributed by atoms with van der Waals surface area (Å²) < 4.78 is 0. The third kappa shape index (κ3) is 2.98. The third-order valence-electron chi connectivity index (χ3n) is 4.69. The van der Waals surface area contributed by atoms with Crippen LogP contribution < -0.4 is 4.90 Å². The molecule has 0 atom stereocenters. The van der Waals surface area contributed by atoms with E-state index in [2.05, 4.69) is 61.3 Å². The number of hydrogen-bond donors (Lipinski definition) is 0. The zero-order chi connectivity index (χ0) is 17.4. The van der Waals surface area contributed by atoms with Crippen LogP contribution in [0.3, 0.4) is 0 Å². The monoisotopic (exact) mass is 348 g/mol. The van der Waals surface area contributed by atoms with Crippen molar-refractivity contribution in [3.63, 3.8) is 0 Å². The largest absolute Gasteiger partial charge is 0.306 e. The van der Waals surface area contributed by atoms with E-state index in [-0.39, 0.29) is 5.91 Å². The Morgan fingerprint density at radius 3 is 2.72 bits per heavy atom. The number of hydrogen-bond acceptors (Lipinski definition) is 3. The van der Waals surface area contributed by atoms with Crippen LogP contribution in [0.2, 0.25) is 0 Å². The molecule has 1 aliphatic rings. The molecule has 0 aliphatic carbocycles. The summed E-state index contributed by atoms with van der Waals surface area (Å²) in [4.78, 5) is 19.6. The second-order valence-electron chi connectivity index (χ2n) is 6.55. The molecule has 0 saturated carbocycles. The van der Waals surface area contributed by atoms with Crippen LogP contribution in [0.25, 0.3) is 10.6 Å². The maximum atomic E-state index is 13.1. The van der Waals surface area contributed by atoms with Gasteiger partial charge in [-0.25, -0.2) is 4.98 Å². The van der Waals surface area contributed by atoms with Crippen LogP contribution in [0.15, 0.2) is 47.8 Å². The molecule has 0 spiro atoms. The van der Waals surface area contributed by atoms with Gasteiger partial charge in [0.1, 0.15) is 10.7 Å². The predicted octanol–water partition coefficient (Wildman–Crippen LogP) is 5.02. The smallest absolute Gasteiger partial charge is 0.277 e. The van der Waals surface area contributed by atoms with E-state index in [1.54, 1.807) is 0 Å². The Morgan fingerprint density at radius 2 is 1.92 bits per heavy atom. The molecule has 25 heavy (non-hydrogen) atoms. The first-order valence-electron chi connectivity index (χ1n) is 8.56. The van der Waals surface area contributed by atoms with E-state index in [9.17, 15) is 4.79 Å². The average Bonchev–Trinajstić information content (AvgIpc) is 3.11. The highest BCUT2D eigenvalue weighted by Crippen LogP contribution is 2.32. The zero-order valence-corrected chi connectivity index (χ0v) is 15.3. The van der Waals surface area contributed by atoms with E-state index in [4.69, 9.17) is 0 Å².